The summed E-state index contributed by atoms with van der Waals surface area (Å²) in [5.74, 6) is -2.71. The molecule has 2 aromatic carbocycles. The summed E-state index contributed by atoms with van der Waals surface area (Å²) in [5, 5.41) is 16.1. The second kappa shape index (κ2) is 7.27. The third kappa shape index (κ3) is 3.30. The van der Waals surface area contributed by atoms with Gasteiger partial charge < -0.3 is 10.6 Å². The molecule has 0 unspecified atom stereocenters. The molecule has 0 fully saturated rings. The first kappa shape index (κ1) is 18.7. The molecule has 1 aliphatic rings. The molecule has 3 rings (SSSR count). The van der Waals surface area contributed by atoms with Crippen LogP contribution in [-0.2, 0) is 4.79 Å². The monoisotopic (exact) mass is 382 g/mol. The molecule has 0 spiro atoms. The van der Waals surface area contributed by atoms with Crippen molar-refractivity contribution in [1.29, 1.82) is 0 Å². The lowest BCUT2D eigenvalue weighted by Gasteiger charge is -2.14. The third-order valence-corrected chi connectivity index (χ3v) is 4.11. The number of fused-ring (bicyclic) bond motifs is 1. The van der Waals surface area contributed by atoms with Gasteiger partial charge in [-0.3, -0.25) is 34.2 Å². The molecule has 0 aromatic heterocycles. The second-order valence-electron chi connectivity index (χ2n) is 5.86. The Labute approximate surface area is 158 Å². The van der Waals surface area contributed by atoms with Crippen LogP contribution in [0.25, 0.3) is 0 Å². The van der Waals surface area contributed by atoms with Crippen LogP contribution in [0.5, 0.6) is 0 Å². The zero-order chi connectivity index (χ0) is 20.4. The first-order valence-corrected chi connectivity index (χ1v) is 8.09. The quantitative estimate of drug-likeness (QED) is 0.452. The molecule has 0 aliphatic carbocycles. The van der Waals surface area contributed by atoms with Crippen LogP contribution in [0.3, 0.4) is 0 Å². The highest BCUT2D eigenvalue weighted by Gasteiger charge is 2.41. The zero-order valence-electron chi connectivity index (χ0n) is 14.6. The fourth-order valence-corrected chi connectivity index (χ4v) is 2.84. The summed E-state index contributed by atoms with van der Waals surface area (Å²) in [5.41, 5.74) is -0.317. The van der Waals surface area contributed by atoms with Gasteiger partial charge in [0.25, 0.3) is 23.4 Å². The third-order valence-electron chi connectivity index (χ3n) is 4.11. The molecular formula is C18H14N4O6. The highest BCUT2D eigenvalue weighted by Crippen LogP contribution is 2.30. The number of nitrogens with zero attached hydrogens (tertiary/aromatic N) is 2. The molecular weight excluding hydrogens is 368 g/mol. The fraction of sp³-hybridized carbons (Fsp3) is 0.111. The van der Waals surface area contributed by atoms with Crippen molar-refractivity contribution in [3.8, 4) is 0 Å². The number of nitro benzene ring substituents is 1. The number of nitro groups is 1. The van der Waals surface area contributed by atoms with Crippen molar-refractivity contribution < 1.29 is 24.1 Å². The normalized spacial score (nSPS) is 12.5. The standard InChI is InChI=1S/C18H14N4O6/c1-19-16(24)10-4-2-5-11(8-10)20-14(23)9-21-17(25)12-6-3-7-13(22(27)28)15(12)18(21)26/h2-8H,9H2,1H3,(H,19,24)(H,20,23). The largest absolute Gasteiger partial charge is 0.355 e. The number of carbonyl (C=O) groups is 4. The lowest BCUT2D eigenvalue weighted by Crippen LogP contribution is -2.37. The highest BCUT2D eigenvalue weighted by molar-refractivity contribution is 6.24. The van der Waals surface area contributed by atoms with E-state index in [1.165, 1.54) is 31.3 Å². The van der Waals surface area contributed by atoms with E-state index in [9.17, 15) is 29.3 Å². The zero-order valence-corrected chi connectivity index (χ0v) is 14.6. The summed E-state index contributed by atoms with van der Waals surface area (Å²) < 4.78 is 0. The van der Waals surface area contributed by atoms with Gasteiger partial charge in [-0.25, -0.2) is 0 Å². The summed E-state index contributed by atoms with van der Waals surface area (Å²) >= 11 is 0. The van der Waals surface area contributed by atoms with Gasteiger partial charge in [0, 0.05) is 24.4 Å². The second-order valence-corrected chi connectivity index (χ2v) is 5.86. The number of carbonyl (C=O) groups excluding carboxylic acids is 4. The Morgan fingerprint density at radius 3 is 2.50 bits per heavy atom. The Morgan fingerprint density at radius 1 is 1.11 bits per heavy atom. The lowest BCUT2D eigenvalue weighted by atomic mass is 10.1. The van der Waals surface area contributed by atoms with Gasteiger partial charge in [-0.05, 0) is 24.3 Å². The van der Waals surface area contributed by atoms with Crippen LogP contribution >= 0.6 is 0 Å². The van der Waals surface area contributed by atoms with Gasteiger partial charge in [0.15, 0.2) is 0 Å². The van der Waals surface area contributed by atoms with E-state index < -0.39 is 34.9 Å². The molecule has 4 amide bonds. The minimum absolute atomic E-state index is 0.117. The van der Waals surface area contributed by atoms with E-state index in [0.717, 1.165) is 6.07 Å². The Hall–Kier alpha value is -4.08. The van der Waals surface area contributed by atoms with E-state index in [1.807, 2.05) is 0 Å². The summed E-state index contributed by atoms with van der Waals surface area (Å²) in [6, 6.07) is 9.81. The maximum atomic E-state index is 12.5. The van der Waals surface area contributed by atoms with E-state index >= 15 is 0 Å². The maximum absolute atomic E-state index is 12.5. The van der Waals surface area contributed by atoms with Crippen LogP contribution in [-0.4, -0.2) is 47.0 Å². The molecule has 1 heterocycles. The number of anilines is 1. The molecule has 2 aromatic rings. The molecule has 0 radical (unpaired) electrons. The maximum Gasteiger partial charge on any atom is 0.282 e. The van der Waals surface area contributed by atoms with Crippen molar-refractivity contribution in [1.82, 2.24) is 10.2 Å². The topological polar surface area (TPSA) is 139 Å². The van der Waals surface area contributed by atoms with Crippen molar-refractivity contribution >= 4 is 35.0 Å². The molecule has 0 bridgehead atoms. The van der Waals surface area contributed by atoms with Crippen molar-refractivity contribution in [2.45, 2.75) is 0 Å². The lowest BCUT2D eigenvalue weighted by molar-refractivity contribution is -0.385. The van der Waals surface area contributed by atoms with Crippen LogP contribution in [0.2, 0.25) is 0 Å². The molecule has 0 saturated heterocycles. The van der Waals surface area contributed by atoms with Crippen LogP contribution in [0.1, 0.15) is 31.1 Å². The van der Waals surface area contributed by atoms with E-state index in [2.05, 4.69) is 10.6 Å². The van der Waals surface area contributed by atoms with Gasteiger partial charge in [-0.2, -0.15) is 0 Å². The van der Waals surface area contributed by atoms with Gasteiger partial charge in [0.2, 0.25) is 5.91 Å². The predicted molar refractivity (Wildman–Crippen MR) is 96.9 cm³/mol. The predicted octanol–water partition coefficient (Wildman–Crippen LogP) is 1.19. The number of hydrogen-bond acceptors (Lipinski definition) is 6. The first-order chi connectivity index (χ1) is 13.3. The summed E-state index contributed by atoms with van der Waals surface area (Å²) in [6.45, 7) is -0.617. The Balaban J connectivity index is 1.78. The highest BCUT2D eigenvalue weighted by atomic mass is 16.6. The van der Waals surface area contributed by atoms with E-state index in [4.69, 9.17) is 0 Å². The number of imide groups is 1. The summed E-state index contributed by atoms with van der Waals surface area (Å²) in [7, 11) is 1.47. The SMILES string of the molecule is CNC(=O)c1cccc(NC(=O)CN2C(=O)c3cccc([N+](=O)[O-])c3C2=O)c1. The minimum Gasteiger partial charge on any atom is -0.355 e. The minimum atomic E-state index is -0.901. The summed E-state index contributed by atoms with van der Waals surface area (Å²) in [4.78, 5) is 59.8. The molecule has 2 N–H and O–H groups in total. The van der Waals surface area contributed by atoms with E-state index in [1.54, 1.807) is 12.1 Å². The number of benzene rings is 2. The number of amides is 4. The van der Waals surface area contributed by atoms with Gasteiger partial charge in [0.05, 0.1) is 10.5 Å². The number of rotatable bonds is 5. The van der Waals surface area contributed by atoms with E-state index in [0.29, 0.717) is 16.2 Å². The number of hydrogen-bond donors (Lipinski definition) is 2. The molecule has 10 heteroatoms. The van der Waals surface area contributed by atoms with Crippen molar-refractivity contribution in [3.63, 3.8) is 0 Å². The van der Waals surface area contributed by atoms with Crippen LogP contribution in [0.15, 0.2) is 42.5 Å². The van der Waals surface area contributed by atoms with Crippen LogP contribution in [0, 0.1) is 10.1 Å². The number of nitrogens with one attached hydrogen (secondary N) is 2. The molecule has 28 heavy (non-hydrogen) atoms. The Kier molecular flexibility index (Phi) is 4.86. The van der Waals surface area contributed by atoms with Crippen LogP contribution in [0.4, 0.5) is 11.4 Å². The Bertz CT molecular complexity index is 1030. The van der Waals surface area contributed by atoms with Crippen molar-refractivity contribution in [2.24, 2.45) is 0 Å². The molecule has 0 saturated carbocycles. The van der Waals surface area contributed by atoms with Gasteiger partial charge in [-0.1, -0.05) is 12.1 Å². The first-order valence-electron chi connectivity index (χ1n) is 8.09. The molecule has 0 atom stereocenters. The van der Waals surface area contributed by atoms with E-state index in [-0.39, 0.29) is 17.0 Å². The Morgan fingerprint density at radius 2 is 1.82 bits per heavy atom. The van der Waals surface area contributed by atoms with Gasteiger partial charge in [-0.15, -0.1) is 0 Å². The molecule has 10 nitrogen and oxygen atoms in total. The van der Waals surface area contributed by atoms with Crippen LogP contribution < -0.4 is 10.6 Å². The van der Waals surface area contributed by atoms with Gasteiger partial charge in [0.1, 0.15) is 12.1 Å². The average Bonchev–Trinajstić information content (AvgIpc) is 2.92. The molecule has 1 aliphatic heterocycles. The van der Waals surface area contributed by atoms with Crippen molar-refractivity contribution in [3.05, 3.63) is 69.3 Å². The average molecular weight is 382 g/mol. The van der Waals surface area contributed by atoms with Crippen molar-refractivity contribution in [2.75, 3.05) is 18.9 Å². The summed E-state index contributed by atoms with van der Waals surface area (Å²) in [6.07, 6.45) is 0. The smallest absolute Gasteiger partial charge is 0.282 e. The molecule has 142 valence electrons. The van der Waals surface area contributed by atoms with Gasteiger partial charge >= 0.3 is 0 Å². The fourth-order valence-electron chi connectivity index (χ4n) is 2.84.